The summed E-state index contributed by atoms with van der Waals surface area (Å²) in [5, 5.41) is 9.30. The minimum absolute atomic E-state index is 0.140. The summed E-state index contributed by atoms with van der Waals surface area (Å²) in [5.74, 6) is -2.53. The lowest BCUT2D eigenvalue weighted by Gasteiger charge is -2.03. The van der Waals surface area contributed by atoms with Crippen molar-refractivity contribution in [3.05, 3.63) is 27.8 Å². The molecular formula is C14H12ClFO4S. The van der Waals surface area contributed by atoms with Gasteiger partial charge in [-0.15, -0.1) is 11.3 Å². The minimum atomic E-state index is -1.05. The van der Waals surface area contributed by atoms with Crippen LogP contribution in [-0.2, 0) is 4.79 Å². The van der Waals surface area contributed by atoms with E-state index in [0.29, 0.717) is 4.70 Å². The summed E-state index contributed by atoms with van der Waals surface area (Å²) in [6.45, 7) is 1.45. The van der Waals surface area contributed by atoms with Crippen molar-refractivity contribution >= 4 is 44.8 Å². The molecule has 21 heavy (non-hydrogen) atoms. The molecular weight excluding hydrogens is 319 g/mol. The number of carbonyl (C=O) groups is 2. The van der Waals surface area contributed by atoms with Gasteiger partial charge in [0.05, 0.1) is 22.6 Å². The molecule has 0 spiro atoms. The molecule has 2 rings (SSSR count). The van der Waals surface area contributed by atoms with Crippen LogP contribution in [0.5, 0.6) is 5.75 Å². The number of carboxylic acids is 1. The second-order valence-corrected chi connectivity index (χ2v) is 6.02. The molecule has 1 aromatic heterocycles. The number of thiophene rings is 1. The third-order valence-electron chi connectivity index (χ3n) is 3.07. The fraction of sp³-hybridized carbons (Fsp3) is 0.286. The van der Waals surface area contributed by atoms with Crippen LogP contribution in [0, 0.1) is 11.7 Å². The van der Waals surface area contributed by atoms with Crippen LogP contribution in [0.15, 0.2) is 12.1 Å². The van der Waals surface area contributed by atoms with E-state index in [-0.39, 0.29) is 33.2 Å². The van der Waals surface area contributed by atoms with Crippen LogP contribution in [0.4, 0.5) is 4.39 Å². The zero-order valence-corrected chi connectivity index (χ0v) is 12.8. The number of methoxy groups -OCH3 is 1. The van der Waals surface area contributed by atoms with Crippen molar-refractivity contribution in [2.75, 3.05) is 7.11 Å². The Morgan fingerprint density at radius 2 is 2.14 bits per heavy atom. The number of aliphatic carboxylic acids is 1. The number of ether oxygens (including phenoxy) is 1. The lowest BCUT2D eigenvalue weighted by molar-refractivity contribution is -0.141. The van der Waals surface area contributed by atoms with E-state index in [1.54, 1.807) is 0 Å². The molecule has 0 saturated heterocycles. The predicted octanol–water partition coefficient (Wildman–Crippen LogP) is 4.00. The van der Waals surface area contributed by atoms with Gasteiger partial charge >= 0.3 is 5.97 Å². The largest absolute Gasteiger partial charge is 0.495 e. The Morgan fingerprint density at radius 1 is 1.48 bits per heavy atom. The van der Waals surface area contributed by atoms with E-state index in [1.165, 1.54) is 20.1 Å². The van der Waals surface area contributed by atoms with E-state index >= 15 is 0 Å². The van der Waals surface area contributed by atoms with Gasteiger partial charge in [-0.25, -0.2) is 4.39 Å². The molecule has 7 heteroatoms. The van der Waals surface area contributed by atoms with Gasteiger partial charge in [-0.1, -0.05) is 18.5 Å². The zero-order valence-electron chi connectivity index (χ0n) is 11.3. The van der Waals surface area contributed by atoms with Gasteiger partial charge in [0.2, 0.25) is 0 Å². The molecule has 4 nitrogen and oxygen atoms in total. The van der Waals surface area contributed by atoms with Gasteiger partial charge in [0.15, 0.2) is 5.78 Å². The third kappa shape index (κ3) is 3.01. The first kappa shape index (κ1) is 15.7. The molecule has 0 aliphatic carbocycles. The maximum Gasteiger partial charge on any atom is 0.306 e. The molecule has 0 aliphatic rings. The highest BCUT2D eigenvalue weighted by Crippen LogP contribution is 2.40. The molecule has 0 bridgehead atoms. The highest BCUT2D eigenvalue weighted by Gasteiger charge is 2.21. The van der Waals surface area contributed by atoms with E-state index < -0.39 is 17.7 Å². The second-order valence-electron chi connectivity index (χ2n) is 4.59. The molecule has 0 amide bonds. The van der Waals surface area contributed by atoms with Gasteiger partial charge < -0.3 is 9.84 Å². The predicted molar refractivity (Wildman–Crippen MR) is 79.1 cm³/mol. The fourth-order valence-corrected chi connectivity index (χ4v) is 3.25. The average Bonchev–Trinajstić information content (AvgIpc) is 2.88. The van der Waals surface area contributed by atoms with Crippen LogP contribution in [0.1, 0.15) is 23.0 Å². The average molecular weight is 331 g/mol. The van der Waals surface area contributed by atoms with Crippen molar-refractivity contribution in [1.82, 2.24) is 0 Å². The summed E-state index contributed by atoms with van der Waals surface area (Å²) in [5.41, 5.74) is 0. The van der Waals surface area contributed by atoms with Gasteiger partial charge in [-0.2, -0.15) is 0 Å². The van der Waals surface area contributed by atoms with Crippen LogP contribution in [0.3, 0.4) is 0 Å². The maximum absolute atomic E-state index is 13.9. The molecule has 0 aliphatic heterocycles. The smallest absolute Gasteiger partial charge is 0.306 e. The molecule has 1 heterocycles. The molecule has 0 saturated carbocycles. The molecule has 0 fully saturated rings. The van der Waals surface area contributed by atoms with Crippen LogP contribution in [0.2, 0.25) is 5.02 Å². The summed E-state index contributed by atoms with van der Waals surface area (Å²) in [6.07, 6.45) is -0.140. The van der Waals surface area contributed by atoms with Crippen LogP contribution in [0.25, 0.3) is 10.1 Å². The first-order chi connectivity index (χ1) is 9.85. The van der Waals surface area contributed by atoms with Gasteiger partial charge in [-0.05, 0) is 6.07 Å². The lowest BCUT2D eigenvalue weighted by atomic mass is 10.0. The fourth-order valence-electron chi connectivity index (χ4n) is 1.85. The number of halogens is 2. The number of hydrogen-bond donors (Lipinski definition) is 1. The summed E-state index contributed by atoms with van der Waals surface area (Å²) < 4.78 is 19.3. The van der Waals surface area contributed by atoms with Gasteiger partial charge in [-0.3, -0.25) is 9.59 Å². The van der Waals surface area contributed by atoms with Crippen molar-refractivity contribution in [2.45, 2.75) is 13.3 Å². The number of carbonyl (C=O) groups excluding carboxylic acids is 1. The molecule has 1 N–H and O–H groups in total. The van der Waals surface area contributed by atoms with Gasteiger partial charge in [0.25, 0.3) is 0 Å². The van der Waals surface area contributed by atoms with Crippen LogP contribution < -0.4 is 4.74 Å². The highest BCUT2D eigenvalue weighted by molar-refractivity contribution is 7.21. The Kier molecular flexibility index (Phi) is 4.49. The number of carboxylic acid groups (broad SMARTS) is 1. The summed E-state index contributed by atoms with van der Waals surface area (Å²) in [6, 6.07) is 2.56. The Bertz CT molecular complexity index is 725. The summed E-state index contributed by atoms with van der Waals surface area (Å²) in [7, 11) is 1.38. The number of fused-ring (bicyclic) bond motifs is 1. The maximum atomic E-state index is 13.9. The van der Waals surface area contributed by atoms with Gasteiger partial charge in [0, 0.05) is 17.9 Å². The van der Waals surface area contributed by atoms with Crippen LogP contribution in [-0.4, -0.2) is 24.0 Å². The quantitative estimate of drug-likeness (QED) is 0.842. The first-order valence-electron chi connectivity index (χ1n) is 6.06. The first-order valence-corrected chi connectivity index (χ1v) is 7.26. The summed E-state index contributed by atoms with van der Waals surface area (Å²) >= 11 is 7.14. The minimum Gasteiger partial charge on any atom is -0.495 e. The van der Waals surface area contributed by atoms with Crippen molar-refractivity contribution < 1.29 is 23.8 Å². The molecule has 0 unspecified atom stereocenters. The van der Waals surface area contributed by atoms with E-state index in [9.17, 15) is 14.0 Å². The Morgan fingerprint density at radius 3 is 2.71 bits per heavy atom. The van der Waals surface area contributed by atoms with Crippen LogP contribution >= 0.6 is 22.9 Å². The highest BCUT2D eigenvalue weighted by atomic mass is 35.5. The lowest BCUT2D eigenvalue weighted by Crippen LogP contribution is -2.13. The summed E-state index contributed by atoms with van der Waals surface area (Å²) in [4.78, 5) is 23.1. The van der Waals surface area contributed by atoms with E-state index in [1.807, 2.05) is 0 Å². The molecule has 0 radical (unpaired) electrons. The van der Waals surface area contributed by atoms with Crippen molar-refractivity contribution in [3.8, 4) is 5.75 Å². The monoisotopic (exact) mass is 330 g/mol. The topological polar surface area (TPSA) is 63.6 Å². The standard InChI is InChI=1S/C14H12ClFO4S/c1-6(14(18)19)3-9(17)11-4-7-8(16)5-10(20-2)12(15)13(7)21-11/h4-6H,3H2,1-2H3,(H,18,19)/t6-/m0/s1. The molecule has 2 aromatic rings. The molecule has 1 aromatic carbocycles. The van der Waals surface area contributed by atoms with E-state index in [2.05, 4.69) is 0 Å². The number of benzene rings is 1. The number of hydrogen-bond acceptors (Lipinski definition) is 4. The van der Waals surface area contributed by atoms with Gasteiger partial charge in [0.1, 0.15) is 16.6 Å². The Hall–Kier alpha value is -1.66. The van der Waals surface area contributed by atoms with E-state index in [4.69, 9.17) is 21.4 Å². The van der Waals surface area contributed by atoms with Crippen molar-refractivity contribution in [1.29, 1.82) is 0 Å². The SMILES string of the molecule is COc1cc(F)c2cc(C(=O)C[C@H](C)C(=O)O)sc2c1Cl. The zero-order chi connectivity index (χ0) is 15.7. The molecule has 112 valence electrons. The number of rotatable bonds is 5. The Balaban J connectivity index is 2.43. The molecule has 1 atom stereocenters. The normalized spacial score (nSPS) is 12.4. The number of Topliss-reactive ketones (excluding diaryl/α,β-unsaturated/α-hetero) is 1. The van der Waals surface area contributed by atoms with E-state index in [0.717, 1.165) is 17.4 Å². The second kappa shape index (κ2) is 5.99. The Labute approximate surface area is 129 Å². The third-order valence-corrected chi connectivity index (χ3v) is 4.75. The number of ketones is 1. The van der Waals surface area contributed by atoms with Crippen molar-refractivity contribution in [2.24, 2.45) is 5.92 Å². The van der Waals surface area contributed by atoms with Crippen molar-refractivity contribution in [3.63, 3.8) is 0 Å².